The van der Waals surface area contributed by atoms with Crippen LogP contribution >= 0.6 is 0 Å². The van der Waals surface area contributed by atoms with E-state index in [0.29, 0.717) is 44.9 Å². The van der Waals surface area contributed by atoms with E-state index < -0.39 is 57.2 Å². The van der Waals surface area contributed by atoms with Gasteiger partial charge in [0.25, 0.3) is 0 Å². The second kappa shape index (κ2) is 7.66. The molecule has 0 aromatic rings. The van der Waals surface area contributed by atoms with Crippen molar-refractivity contribution in [3.8, 4) is 0 Å². The van der Waals surface area contributed by atoms with Crippen LogP contribution in [0.3, 0.4) is 0 Å². The van der Waals surface area contributed by atoms with Crippen LogP contribution in [0.25, 0.3) is 0 Å². The van der Waals surface area contributed by atoms with Gasteiger partial charge in [-0.2, -0.15) is 0 Å². The summed E-state index contributed by atoms with van der Waals surface area (Å²) in [6, 6.07) is 0. The van der Waals surface area contributed by atoms with E-state index in [0.717, 1.165) is 0 Å². The van der Waals surface area contributed by atoms with Gasteiger partial charge in [0, 0.05) is 16.2 Å². The van der Waals surface area contributed by atoms with Gasteiger partial charge in [-0.25, -0.2) is 4.79 Å². The first-order valence-corrected chi connectivity index (χ1v) is 12.3. The fourth-order valence-corrected chi connectivity index (χ4v) is 7.31. The van der Waals surface area contributed by atoms with Gasteiger partial charge in [-0.1, -0.05) is 13.8 Å². The van der Waals surface area contributed by atoms with Crippen LogP contribution < -0.4 is 0 Å². The van der Waals surface area contributed by atoms with Gasteiger partial charge in [0.05, 0.1) is 22.7 Å². The van der Waals surface area contributed by atoms with Gasteiger partial charge < -0.3 is 24.8 Å². The lowest BCUT2D eigenvalue weighted by Gasteiger charge is -2.75. The Kier molecular flexibility index (Phi) is 6.13. The minimum Gasteiger partial charge on any atom is -0.456 e. The predicted octanol–water partition coefficient (Wildman–Crippen LogP) is 3.51. The molecule has 1 atom stereocenters. The highest BCUT2D eigenvalue weighted by Crippen LogP contribution is 2.77. The van der Waals surface area contributed by atoms with E-state index in [4.69, 9.17) is 9.47 Å². The fourth-order valence-electron chi connectivity index (χ4n) is 7.31. The summed E-state index contributed by atoms with van der Waals surface area (Å²) in [5, 5.41) is 34.1. The average molecular weight is 469 g/mol. The molecule has 4 aliphatic carbocycles. The third-order valence-electron chi connectivity index (χ3n) is 9.58. The van der Waals surface area contributed by atoms with Crippen LogP contribution in [-0.2, 0) is 19.1 Å². The SMILES string of the molecule is CCC(C)C(=O)OCC(=O)OC12CC3(C(C)(C)O)CC(C(C)(C)O)(C1)CC(C(C)(C)O)(C2)C3. The third-order valence-corrected chi connectivity index (χ3v) is 9.58. The largest absolute Gasteiger partial charge is 0.456 e. The van der Waals surface area contributed by atoms with Gasteiger partial charge in [-0.15, -0.1) is 0 Å². The summed E-state index contributed by atoms with van der Waals surface area (Å²) >= 11 is 0. The molecule has 1 unspecified atom stereocenters. The van der Waals surface area contributed by atoms with Crippen LogP contribution in [-0.4, -0.2) is 56.3 Å². The highest BCUT2D eigenvalue weighted by molar-refractivity contribution is 5.77. The summed E-state index contributed by atoms with van der Waals surface area (Å²) < 4.78 is 11.3. The normalized spacial score (nSPS) is 37.1. The smallest absolute Gasteiger partial charge is 0.344 e. The molecule has 190 valence electrons. The molecule has 0 radical (unpaired) electrons. The first-order chi connectivity index (χ1) is 14.8. The molecule has 4 fully saturated rings. The molecule has 4 saturated carbocycles. The van der Waals surface area contributed by atoms with Gasteiger partial charge in [-0.05, 0) is 86.5 Å². The molecule has 0 aromatic heterocycles. The first-order valence-electron chi connectivity index (χ1n) is 12.3. The van der Waals surface area contributed by atoms with Crippen LogP contribution in [0, 0.1) is 22.2 Å². The zero-order valence-corrected chi connectivity index (χ0v) is 21.7. The molecule has 0 aromatic carbocycles. The van der Waals surface area contributed by atoms with E-state index in [-0.39, 0.29) is 5.92 Å². The van der Waals surface area contributed by atoms with E-state index >= 15 is 0 Å². The second-order valence-corrected chi connectivity index (χ2v) is 13.2. The van der Waals surface area contributed by atoms with Gasteiger partial charge in [0.15, 0.2) is 6.61 Å². The summed E-state index contributed by atoms with van der Waals surface area (Å²) in [6.07, 6.45) is 3.74. The van der Waals surface area contributed by atoms with Crippen molar-refractivity contribution in [2.24, 2.45) is 22.2 Å². The zero-order valence-electron chi connectivity index (χ0n) is 21.7. The molecule has 7 nitrogen and oxygen atoms in total. The molecule has 4 bridgehead atoms. The molecular weight excluding hydrogens is 424 g/mol. The number of hydrogen-bond acceptors (Lipinski definition) is 7. The molecule has 4 aliphatic rings. The summed E-state index contributed by atoms with van der Waals surface area (Å²) in [5.41, 5.74) is -6.22. The van der Waals surface area contributed by atoms with Crippen molar-refractivity contribution in [3.05, 3.63) is 0 Å². The molecule has 33 heavy (non-hydrogen) atoms. The van der Waals surface area contributed by atoms with Crippen molar-refractivity contribution in [1.29, 1.82) is 0 Å². The van der Waals surface area contributed by atoms with Crippen LogP contribution in [0.1, 0.15) is 100 Å². The Hall–Kier alpha value is -1.18. The van der Waals surface area contributed by atoms with Crippen molar-refractivity contribution in [2.75, 3.05) is 6.61 Å². The zero-order chi connectivity index (χ0) is 25.3. The molecule has 0 aliphatic heterocycles. The number of hydrogen-bond donors (Lipinski definition) is 3. The lowest BCUT2D eigenvalue weighted by molar-refractivity contribution is -0.332. The summed E-state index contributed by atoms with van der Waals surface area (Å²) in [6.45, 7) is 13.8. The fraction of sp³-hybridized carbons (Fsp3) is 0.923. The predicted molar refractivity (Wildman–Crippen MR) is 123 cm³/mol. The Labute approximate surface area is 198 Å². The van der Waals surface area contributed by atoms with Crippen molar-refractivity contribution in [3.63, 3.8) is 0 Å². The molecule has 4 rings (SSSR count). The van der Waals surface area contributed by atoms with E-state index in [9.17, 15) is 24.9 Å². The highest BCUT2D eigenvalue weighted by Gasteiger charge is 2.76. The number of aliphatic hydroxyl groups is 3. The Morgan fingerprint density at radius 1 is 0.788 bits per heavy atom. The van der Waals surface area contributed by atoms with Gasteiger partial charge in [0.2, 0.25) is 0 Å². The lowest BCUT2D eigenvalue weighted by atomic mass is 9.32. The lowest BCUT2D eigenvalue weighted by Crippen LogP contribution is -2.75. The molecular formula is C26H44O7. The van der Waals surface area contributed by atoms with Gasteiger partial charge in [0.1, 0.15) is 5.60 Å². The summed E-state index contributed by atoms with van der Waals surface area (Å²) in [4.78, 5) is 25.0. The van der Waals surface area contributed by atoms with Crippen LogP contribution in [0.2, 0.25) is 0 Å². The minimum absolute atomic E-state index is 0.298. The van der Waals surface area contributed by atoms with E-state index in [1.54, 1.807) is 48.5 Å². The molecule has 0 heterocycles. The Morgan fingerprint density at radius 2 is 1.15 bits per heavy atom. The van der Waals surface area contributed by atoms with Crippen molar-refractivity contribution < 1.29 is 34.4 Å². The average Bonchev–Trinajstić information content (AvgIpc) is 2.61. The molecule has 0 spiro atoms. The van der Waals surface area contributed by atoms with Gasteiger partial charge >= 0.3 is 11.9 Å². The molecule has 3 N–H and O–H groups in total. The highest BCUT2D eigenvalue weighted by atomic mass is 16.6. The maximum absolute atomic E-state index is 12.9. The third kappa shape index (κ3) is 4.23. The monoisotopic (exact) mass is 468 g/mol. The Morgan fingerprint density at radius 3 is 1.45 bits per heavy atom. The van der Waals surface area contributed by atoms with Crippen molar-refractivity contribution >= 4 is 11.9 Å². The second-order valence-electron chi connectivity index (χ2n) is 13.2. The Balaban J connectivity index is 2.01. The standard InChI is InChI=1S/C26H44O7/c1-9-17(2)19(28)32-10-18(27)33-26-14-23(20(3,4)29)11-24(15-26,21(5,6)30)13-25(12-23,16-26)22(7,8)31/h17,29-31H,9-16H2,1-8H3. The van der Waals surface area contributed by atoms with E-state index in [1.165, 1.54) is 0 Å². The van der Waals surface area contributed by atoms with E-state index in [2.05, 4.69) is 0 Å². The number of rotatable bonds is 8. The van der Waals surface area contributed by atoms with Gasteiger partial charge in [-0.3, -0.25) is 4.79 Å². The van der Waals surface area contributed by atoms with Crippen LogP contribution in [0.15, 0.2) is 0 Å². The number of ether oxygens (including phenoxy) is 2. The maximum atomic E-state index is 12.9. The summed E-state index contributed by atoms with van der Waals surface area (Å²) in [7, 11) is 0. The minimum atomic E-state index is -1.11. The Bertz CT molecular complexity index is 713. The van der Waals surface area contributed by atoms with Crippen molar-refractivity contribution in [2.45, 2.75) is 123 Å². The quantitative estimate of drug-likeness (QED) is 0.467. The topological polar surface area (TPSA) is 113 Å². The number of esters is 2. The number of carbonyl (C=O) groups is 2. The van der Waals surface area contributed by atoms with Crippen LogP contribution in [0.4, 0.5) is 0 Å². The molecule has 0 saturated heterocycles. The summed E-state index contributed by atoms with van der Waals surface area (Å²) in [5.74, 6) is -1.36. The molecule has 7 heteroatoms. The van der Waals surface area contributed by atoms with Crippen molar-refractivity contribution in [1.82, 2.24) is 0 Å². The number of carbonyl (C=O) groups excluding carboxylic acids is 2. The van der Waals surface area contributed by atoms with E-state index in [1.807, 2.05) is 6.92 Å². The molecule has 0 amide bonds. The maximum Gasteiger partial charge on any atom is 0.344 e. The first kappa shape index (κ1) is 26.4. The van der Waals surface area contributed by atoms with Crippen LogP contribution in [0.5, 0.6) is 0 Å².